The summed E-state index contributed by atoms with van der Waals surface area (Å²) in [7, 11) is 0. The van der Waals surface area contributed by atoms with E-state index >= 15 is 0 Å². The molecule has 0 aromatic heterocycles. The van der Waals surface area contributed by atoms with Gasteiger partial charge in [0.05, 0.1) is 0 Å². The molecule has 5 heteroatoms. The molecule has 0 saturated heterocycles. The Morgan fingerprint density at radius 1 is 0.710 bits per heavy atom. The Balaban J connectivity index is 2.31. The Labute approximate surface area is 183 Å². The van der Waals surface area contributed by atoms with Crippen LogP contribution in [0, 0.1) is 0 Å². The van der Waals surface area contributed by atoms with E-state index in [0.29, 0.717) is 32.5 Å². The maximum Gasteiger partial charge on any atom is 0.303 e. The first-order valence-electron chi connectivity index (χ1n) is 10.6. The number of nitrogens with two attached hydrogens (primary N) is 3. The molecule has 7 N–H and O–H groups in total. The molecule has 162 valence electrons. The smallest absolute Gasteiger partial charge is 0.303 e. The molecule has 0 spiro atoms. The van der Waals surface area contributed by atoms with Crippen LogP contribution in [-0.2, 0) is 29.8 Å². The van der Waals surface area contributed by atoms with Crippen molar-refractivity contribution >= 4 is 5.97 Å². The molecule has 31 heavy (non-hydrogen) atoms. The lowest BCUT2D eigenvalue weighted by atomic mass is 9.66. The van der Waals surface area contributed by atoms with E-state index in [2.05, 4.69) is 36.4 Å². The monoisotopic (exact) mass is 417 g/mol. The van der Waals surface area contributed by atoms with Gasteiger partial charge in [0.15, 0.2) is 0 Å². The number of hydrogen-bond donors (Lipinski definition) is 4. The normalized spacial score (nSPS) is 11.5. The lowest BCUT2D eigenvalue weighted by Crippen LogP contribution is -2.30. The summed E-state index contributed by atoms with van der Waals surface area (Å²) >= 11 is 0. The molecule has 3 aromatic carbocycles. The van der Waals surface area contributed by atoms with E-state index in [1.165, 1.54) is 0 Å². The third-order valence-corrected chi connectivity index (χ3v) is 5.91. The first-order chi connectivity index (χ1) is 15.0. The highest BCUT2D eigenvalue weighted by molar-refractivity contribution is 5.66. The van der Waals surface area contributed by atoms with Crippen LogP contribution in [0.15, 0.2) is 72.8 Å². The first kappa shape index (κ1) is 22.7. The summed E-state index contributed by atoms with van der Waals surface area (Å²) in [6.45, 7) is 1.31. The van der Waals surface area contributed by atoms with Crippen LogP contribution in [0.2, 0.25) is 0 Å². The topological polar surface area (TPSA) is 115 Å². The summed E-state index contributed by atoms with van der Waals surface area (Å²) in [5.41, 5.74) is 23.7. The van der Waals surface area contributed by atoms with Crippen LogP contribution in [0.25, 0.3) is 0 Å². The molecule has 0 heterocycles. The van der Waals surface area contributed by atoms with Crippen LogP contribution in [-0.4, -0.2) is 11.1 Å². The van der Waals surface area contributed by atoms with Crippen molar-refractivity contribution in [3.05, 3.63) is 106 Å². The van der Waals surface area contributed by atoms with Crippen LogP contribution < -0.4 is 17.2 Å². The molecule has 0 amide bonds. The van der Waals surface area contributed by atoms with Gasteiger partial charge in [-0.3, -0.25) is 4.79 Å². The fourth-order valence-electron chi connectivity index (χ4n) is 4.33. The van der Waals surface area contributed by atoms with Crippen LogP contribution >= 0.6 is 0 Å². The van der Waals surface area contributed by atoms with Gasteiger partial charge in [0.25, 0.3) is 0 Å². The Bertz CT molecular complexity index is 917. The summed E-state index contributed by atoms with van der Waals surface area (Å²) < 4.78 is 0. The third-order valence-electron chi connectivity index (χ3n) is 5.91. The van der Waals surface area contributed by atoms with Crippen molar-refractivity contribution in [3.8, 4) is 0 Å². The van der Waals surface area contributed by atoms with E-state index in [1.54, 1.807) is 0 Å². The number of carboxylic acids is 1. The predicted molar refractivity (Wildman–Crippen MR) is 124 cm³/mol. The summed E-state index contributed by atoms with van der Waals surface area (Å²) in [6.07, 6.45) is 1.27. The SMILES string of the molecule is NCc1cccc(C(CCCC(=O)O)(c2cccc(CN)c2)c2cccc(CN)c2)c1. The minimum Gasteiger partial charge on any atom is -0.481 e. The zero-order valence-corrected chi connectivity index (χ0v) is 17.8. The number of carboxylic acid groups (broad SMARTS) is 1. The second-order valence-corrected chi connectivity index (χ2v) is 7.87. The van der Waals surface area contributed by atoms with Gasteiger partial charge >= 0.3 is 5.97 Å². The van der Waals surface area contributed by atoms with Crippen LogP contribution in [0.1, 0.15) is 52.6 Å². The van der Waals surface area contributed by atoms with Crippen LogP contribution in [0.4, 0.5) is 0 Å². The average Bonchev–Trinajstić information content (AvgIpc) is 2.82. The standard InChI is InChI=1S/C26H31N3O2/c27-16-19-5-1-8-22(13-19)26(12-4-11-25(30)31,23-9-2-6-20(14-23)17-28)24-10-3-7-21(15-24)18-29/h1-3,5-10,13-15H,4,11-12,16-18,27-29H2,(H,30,31). The molecule has 0 aliphatic rings. The van der Waals surface area contributed by atoms with Crippen molar-refractivity contribution in [2.24, 2.45) is 17.2 Å². The van der Waals surface area contributed by atoms with E-state index < -0.39 is 11.4 Å². The molecule has 0 aliphatic carbocycles. The van der Waals surface area contributed by atoms with Gasteiger partial charge in [0, 0.05) is 31.5 Å². The molecule has 0 fully saturated rings. The summed E-state index contributed by atoms with van der Waals surface area (Å²) in [5.74, 6) is -0.795. The zero-order valence-electron chi connectivity index (χ0n) is 17.8. The van der Waals surface area contributed by atoms with Gasteiger partial charge in [-0.1, -0.05) is 72.8 Å². The predicted octanol–water partition coefficient (Wildman–Crippen LogP) is 3.65. The second-order valence-electron chi connectivity index (χ2n) is 7.87. The fourth-order valence-corrected chi connectivity index (χ4v) is 4.33. The number of hydrogen-bond acceptors (Lipinski definition) is 4. The van der Waals surface area contributed by atoms with Gasteiger partial charge < -0.3 is 22.3 Å². The van der Waals surface area contributed by atoms with Crippen LogP contribution in [0.3, 0.4) is 0 Å². The Morgan fingerprint density at radius 3 is 1.42 bits per heavy atom. The Hall–Kier alpha value is -2.99. The molecule has 0 atom stereocenters. The van der Waals surface area contributed by atoms with Gasteiger partial charge in [-0.05, 0) is 46.2 Å². The summed E-state index contributed by atoms with van der Waals surface area (Å²) in [5, 5.41) is 9.32. The van der Waals surface area contributed by atoms with E-state index in [9.17, 15) is 9.90 Å². The maximum absolute atomic E-state index is 11.3. The molecule has 0 unspecified atom stereocenters. The van der Waals surface area contributed by atoms with Crippen molar-refractivity contribution in [1.82, 2.24) is 0 Å². The number of rotatable bonds is 10. The molecule has 3 rings (SSSR count). The minimum atomic E-state index is -0.795. The Morgan fingerprint density at radius 2 is 1.10 bits per heavy atom. The highest BCUT2D eigenvalue weighted by atomic mass is 16.4. The van der Waals surface area contributed by atoms with E-state index in [1.807, 2.05) is 36.4 Å². The van der Waals surface area contributed by atoms with Crippen LogP contribution in [0.5, 0.6) is 0 Å². The lowest BCUT2D eigenvalue weighted by Gasteiger charge is -2.37. The van der Waals surface area contributed by atoms with Gasteiger partial charge in [0.1, 0.15) is 0 Å². The second kappa shape index (κ2) is 10.4. The molecular formula is C26H31N3O2. The lowest BCUT2D eigenvalue weighted by molar-refractivity contribution is -0.137. The van der Waals surface area contributed by atoms with Crippen molar-refractivity contribution in [2.45, 2.75) is 44.3 Å². The summed E-state index contributed by atoms with van der Waals surface area (Å²) in [6, 6.07) is 24.8. The van der Waals surface area contributed by atoms with Crippen molar-refractivity contribution in [1.29, 1.82) is 0 Å². The number of aliphatic carboxylic acids is 1. The van der Waals surface area contributed by atoms with Crippen molar-refractivity contribution < 1.29 is 9.90 Å². The fraction of sp³-hybridized carbons (Fsp3) is 0.269. The average molecular weight is 418 g/mol. The highest BCUT2D eigenvalue weighted by Crippen LogP contribution is 2.44. The zero-order chi connectivity index (χ0) is 22.3. The minimum absolute atomic E-state index is 0.103. The molecule has 0 radical (unpaired) electrons. The molecular weight excluding hydrogens is 386 g/mol. The largest absolute Gasteiger partial charge is 0.481 e. The molecule has 0 saturated carbocycles. The van der Waals surface area contributed by atoms with Crippen molar-refractivity contribution in [3.63, 3.8) is 0 Å². The van der Waals surface area contributed by atoms with Crippen molar-refractivity contribution in [2.75, 3.05) is 0 Å². The molecule has 0 bridgehead atoms. The van der Waals surface area contributed by atoms with E-state index in [0.717, 1.165) is 33.4 Å². The highest BCUT2D eigenvalue weighted by Gasteiger charge is 2.36. The number of carbonyl (C=O) groups is 1. The Kier molecular flexibility index (Phi) is 7.58. The number of benzene rings is 3. The first-order valence-corrected chi connectivity index (χ1v) is 10.6. The maximum atomic E-state index is 11.3. The van der Waals surface area contributed by atoms with Gasteiger partial charge in [-0.15, -0.1) is 0 Å². The van der Waals surface area contributed by atoms with Gasteiger partial charge in [-0.2, -0.15) is 0 Å². The molecule has 3 aromatic rings. The third kappa shape index (κ3) is 5.02. The quantitative estimate of drug-likeness (QED) is 0.376. The van der Waals surface area contributed by atoms with E-state index in [4.69, 9.17) is 17.2 Å². The molecule has 5 nitrogen and oxygen atoms in total. The van der Waals surface area contributed by atoms with Gasteiger partial charge in [0.2, 0.25) is 0 Å². The van der Waals surface area contributed by atoms with E-state index in [-0.39, 0.29) is 6.42 Å². The molecule has 0 aliphatic heterocycles. The van der Waals surface area contributed by atoms with Gasteiger partial charge in [-0.25, -0.2) is 0 Å². The summed E-state index contributed by atoms with van der Waals surface area (Å²) in [4.78, 5) is 11.3.